The van der Waals surface area contributed by atoms with Gasteiger partial charge in [0.25, 0.3) is 0 Å². The zero-order chi connectivity index (χ0) is 10.7. The van der Waals surface area contributed by atoms with E-state index in [-0.39, 0.29) is 0 Å². The van der Waals surface area contributed by atoms with Crippen molar-refractivity contribution >= 4 is 5.82 Å². The summed E-state index contributed by atoms with van der Waals surface area (Å²) < 4.78 is 7.29. The van der Waals surface area contributed by atoms with Crippen molar-refractivity contribution in [3.8, 4) is 0 Å². The number of nitrogens with two attached hydrogens (primary N) is 1. The number of nitrogens with zero attached hydrogens (tertiary/aromatic N) is 2. The van der Waals surface area contributed by atoms with Crippen LogP contribution in [0, 0.1) is 12.8 Å². The van der Waals surface area contributed by atoms with Crippen LogP contribution in [-0.4, -0.2) is 23.0 Å². The Morgan fingerprint density at radius 2 is 2.27 bits per heavy atom. The Labute approximate surface area is 90.4 Å². The van der Waals surface area contributed by atoms with E-state index >= 15 is 0 Å². The molecule has 1 saturated heterocycles. The number of anilines is 1. The summed E-state index contributed by atoms with van der Waals surface area (Å²) in [5.74, 6) is 1.45. The van der Waals surface area contributed by atoms with Gasteiger partial charge in [0.05, 0.1) is 0 Å². The minimum atomic E-state index is 0.655. The molecule has 2 heterocycles. The number of rotatable bonds is 3. The maximum absolute atomic E-state index is 5.70. The fraction of sp³-hybridized carbons (Fsp3) is 0.727. The van der Waals surface area contributed by atoms with Crippen molar-refractivity contribution in [3.63, 3.8) is 0 Å². The Morgan fingerprint density at radius 1 is 1.53 bits per heavy atom. The topological polar surface area (TPSA) is 53.1 Å². The molecule has 0 atom stereocenters. The normalized spacial score (nSPS) is 18.2. The van der Waals surface area contributed by atoms with E-state index in [0.29, 0.717) is 5.82 Å². The van der Waals surface area contributed by atoms with Crippen molar-refractivity contribution in [3.05, 3.63) is 11.8 Å². The van der Waals surface area contributed by atoms with E-state index in [9.17, 15) is 0 Å². The molecule has 0 amide bonds. The molecule has 1 fully saturated rings. The Balaban J connectivity index is 1.81. The molecule has 1 aromatic rings. The molecule has 0 bridgehead atoms. The zero-order valence-electron chi connectivity index (χ0n) is 9.28. The third-order valence-corrected chi connectivity index (χ3v) is 3.09. The predicted octanol–water partition coefficient (Wildman–Crippen LogP) is 1.59. The summed E-state index contributed by atoms with van der Waals surface area (Å²) in [6.07, 6.45) is 5.59. The second-order valence-electron chi connectivity index (χ2n) is 4.30. The molecule has 0 aromatic carbocycles. The van der Waals surface area contributed by atoms with Crippen LogP contribution in [0.2, 0.25) is 0 Å². The minimum Gasteiger partial charge on any atom is -0.382 e. The quantitative estimate of drug-likeness (QED) is 0.822. The van der Waals surface area contributed by atoms with Gasteiger partial charge >= 0.3 is 0 Å². The lowest BCUT2D eigenvalue weighted by atomic mass is 9.97. The molecule has 0 radical (unpaired) electrons. The molecule has 0 spiro atoms. The fourth-order valence-corrected chi connectivity index (χ4v) is 2.00. The SMILES string of the molecule is Cc1cn(CCC2CCOCC2)nc1N. The Hall–Kier alpha value is -1.03. The third kappa shape index (κ3) is 2.72. The fourth-order valence-electron chi connectivity index (χ4n) is 2.00. The standard InChI is InChI=1S/C11H19N3O/c1-9-8-14(13-11(9)12)5-2-10-3-6-15-7-4-10/h8,10H,2-7H2,1H3,(H2,12,13). The van der Waals surface area contributed by atoms with Crippen LogP contribution in [0.1, 0.15) is 24.8 Å². The first-order valence-electron chi connectivity index (χ1n) is 5.63. The molecule has 0 saturated carbocycles. The smallest absolute Gasteiger partial charge is 0.148 e. The van der Waals surface area contributed by atoms with Crippen molar-refractivity contribution in [1.82, 2.24) is 9.78 Å². The minimum absolute atomic E-state index is 0.655. The molecule has 2 N–H and O–H groups in total. The van der Waals surface area contributed by atoms with Gasteiger partial charge in [-0.2, -0.15) is 5.10 Å². The van der Waals surface area contributed by atoms with E-state index in [2.05, 4.69) is 5.10 Å². The zero-order valence-corrected chi connectivity index (χ0v) is 9.28. The number of hydrogen-bond donors (Lipinski definition) is 1. The number of nitrogen functional groups attached to an aromatic ring is 1. The summed E-state index contributed by atoms with van der Waals surface area (Å²) in [7, 11) is 0. The lowest BCUT2D eigenvalue weighted by molar-refractivity contribution is 0.0623. The van der Waals surface area contributed by atoms with Crippen LogP contribution in [0.3, 0.4) is 0 Å². The van der Waals surface area contributed by atoms with Gasteiger partial charge in [-0.3, -0.25) is 4.68 Å². The summed E-state index contributed by atoms with van der Waals surface area (Å²) in [4.78, 5) is 0. The first-order chi connectivity index (χ1) is 7.25. The van der Waals surface area contributed by atoms with Crippen LogP contribution in [0.5, 0.6) is 0 Å². The van der Waals surface area contributed by atoms with E-state index in [1.807, 2.05) is 17.8 Å². The molecule has 2 rings (SSSR count). The molecule has 0 aliphatic carbocycles. The van der Waals surface area contributed by atoms with E-state index in [4.69, 9.17) is 10.5 Å². The molecular weight excluding hydrogens is 190 g/mol. The van der Waals surface area contributed by atoms with Crippen molar-refractivity contribution in [2.45, 2.75) is 32.7 Å². The van der Waals surface area contributed by atoms with Gasteiger partial charge in [-0.25, -0.2) is 0 Å². The molecule has 15 heavy (non-hydrogen) atoms. The van der Waals surface area contributed by atoms with Gasteiger partial charge in [0.15, 0.2) is 0 Å². The van der Waals surface area contributed by atoms with Crippen LogP contribution in [0.4, 0.5) is 5.82 Å². The third-order valence-electron chi connectivity index (χ3n) is 3.09. The average molecular weight is 209 g/mol. The highest BCUT2D eigenvalue weighted by atomic mass is 16.5. The van der Waals surface area contributed by atoms with Gasteiger partial charge in [-0.1, -0.05) is 0 Å². The first-order valence-corrected chi connectivity index (χ1v) is 5.63. The number of aromatic nitrogens is 2. The number of aryl methyl sites for hydroxylation is 2. The van der Waals surface area contributed by atoms with Crippen LogP contribution in [-0.2, 0) is 11.3 Å². The molecule has 84 valence electrons. The van der Waals surface area contributed by atoms with Gasteiger partial charge in [-0.05, 0) is 32.1 Å². The molecule has 4 heteroatoms. The summed E-state index contributed by atoms with van der Waals surface area (Å²) >= 11 is 0. The highest BCUT2D eigenvalue weighted by Gasteiger charge is 2.13. The van der Waals surface area contributed by atoms with Crippen LogP contribution in [0.25, 0.3) is 0 Å². The maximum Gasteiger partial charge on any atom is 0.148 e. The highest BCUT2D eigenvalue weighted by molar-refractivity contribution is 5.35. The van der Waals surface area contributed by atoms with Gasteiger partial charge in [0, 0.05) is 31.5 Å². The van der Waals surface area contributed by atoms with Crippen molar-refractivity contribution in [2.75, 3.05) is 18.9 Å². The molecular formula is C11H19N3O. The molecule has 1 aliphatic rings. The summed E-state index contributed by atoms with van der Waals surface area (Å²) in [5.41, 5.74) is 6.77. The molecule has 1 aromatic heterocycles. The molecule has 0 unspecified atom stereocenters. The van der Waals surface area contributed by atoms with Crippen molar-refractivity contribution < 1.29 is 4.74 Å². The second-order valence-corrected chi connectivity index (χ2v) is 4.30. The Morgan fingerprint density at radius 3 is 2.87 bits per heavy atom. The second kappa shape index (κ2) is 4.66. The van der Waals surface area contributed by atoms with Crippen molar-refractivity contribution in [2.24, 2.45) is 5.92 Å². The maximum atomic E-state index is 5.70. The van der Waals surface area contributed by atoms with E-state index in [1.165, 1.54) is 19.3 Å². The van der Waals surface area contributed by atoms with Crippen molar-refractivity contribution in [1.29, 1.82) is 0 Å². The van der Waals surface area contributed by atoms with Crippen LogP contribution in [0.15, 0.2) is 6.20 Å². The largest absolute Gasteiger partial charge is 0.382 e. The predicted molar refractivity (Wildman–Crippen MR) is 59.5 cm³/mol. The number of hydrogen-bond acceptors (Lipinski definition) is 3. The van der Waals surface area contributed by atoms with Crippen LogP contribution >= 0.6 is 0 Å². The Bertz CT molecular complexity index is 296. The summed E-state index contributed by atoms with van der Waals surface area (Å²) in [6.45, 7) is 4.81. The van der Waals surface area contributed by atoms with Gasteiger partial charge in [0.1, 0.15) is 5.82 Å². The van der Waals surface area contributed by atoms with Crippen LogP contribution < -0.4 is 5.73 Å². The van der Waals surface area contributed by atoms with Gasteiger partial charge in [0.2, 0.25) is 0 Å². The number of ether oxygens (including phenoxy) is 1. The molecule has 1 aliphatic heterocycles. The monoisotopic (exact) mass is 209 g/mol. The summed E-state index contributed by atoms with van der Waals surface area (Å²) in [6, 6.07) is 0. The Kier molecular flexibility index (Phi) is 3.26. The van der Waals surface area contributed by atoms with E-state index in [1.54, 1.807) is 0 Å². The van der Waals surface area contributed by atoms with E-state index in [0.717, 1.165) is 31.2 Å². The van der Waals surface area contributed by atoms with Gasteiger partial charge < -0.3 is 10.5 Å². The van der Waals surface area contributed by atoms with E-state index < -0.39 is 0 Å². The average Bonchev–Trinajstić information content (AvgIpc) is 2.57. The van der Waals surface area contributed by atoms with Gasteiger partial charge in [-0.15, -0.1) is 0 Å². The lowest BCUT2D eigenvalue weighted by Gasteiger charge is -2.21. The molecule has 4 nitrogen and oxygen atoms in total. The highest BCUT2D eigenvalue weighted by Crippen LogP contribution is 2.19. The lowest BCUT2D eigenvalue weighted by Crippen LogP contribution is -2.17. The summed E-state index contributed by atoms with van der Waals surface area (Å²) in [5, 5.41) is 4.26. The first kappa shape index (κ1) is 10.5.